The predicted octanol–water partition coefficient (Wildman–Crippen LogP) is 4.88. The van der Waals surface area contributed by atoms with Gasteiger partial charge in [-0.3, -0.25) is 0 Å². The second-order valence-electron chi connectivity index (χ2n) is 4.88. The lowest BCUT2D eigenvalue weighted by Crippen LogP contribution is -2.09. The van der Waals surface area contributed by atoms with Crippen LogP contribution in [0, 0.1) is 13.8 Å². The number of rotatable bonds is 0. The van der Waals surface area contributed by atoms with E-state index in [0.29, 0.717) is 5.41 Å². The average molecular weight is 224 g/mol. The van der Waals surface area contributed by atoms with E-state index in [0.717, 1.165) is 0 Å². The first-order valence-electron chi connectivity index (χ1n) is 4.89. The van der Waals surface area contributed by atoms with Crippen molar-refractivity contribution in [2.75, 3.05) is 0 Å². The third-order valence-electron chi connectivity index (χ3n) is 2.48. The van der Waals surface area contributed by atoms with Crippen LogP contribution in [0.25, 0.3) is 9.40 Å². The van der Waals surface area contributed by atoms with Gasteiger partial charge in [0.05, 0.1) is 0 Å². The molecule has 0 aliphatic carbocycles. The van der Waals surface area contributed by atoms with Crippen molar-refractivity contribution in [1.82, 2.24) is 0 Å². The fourth-order valence-electron chi connectivity index (χ4n) is 1.82. The molecule has 0 bridgehead atoms. The van der Waals surface area contributed by atoms with Crippen molar-refractivity contribution < 1.29 is 0 Å². The highest BCUT2D eigenvalue weighted by molar-refractivity contribution is 7.27. The fourth-order valence-corrected chi connectivity index (χ4v) is 4.42. The number of hydrogen-bond acceptors (Lipinski definition) is 2. The summed E-state index contributed by atoms with van der Waals surface area (Å²) in [6.07, 6.45) is 0. The van der Waals surface area contributed by atoms with Gasteiger partial charge in [-0.2, -0.15) is 0 Å². The van der Waals surface area contributed by atoms with Crippen LogP contribution in [0.2, 0.25) is 0 Å². The van der Waals surface area contributed by atoms with E-state index in [-0.39, 0.29) is 0 Å². The highest BCUT2D eigenvalue weighted by atomic mass is 32.1. The zero-order chi connectivity index (χ0) is 10.5. The van der Waals surface area contributed by atoms with Crippen LogP contribution in [0.5, 0.6) is 0 Å². The molecule has 76 valence electrons. The zero-order valence-electron chi connectivity index (χ0n) is 9.39. The molecule has 0 amide bonds. The van der Waals surface area contributed by atoms with Crippen LogP contribution >= 0.6 is 22.7 Å². The monoisotopic (exact) mass is 224 g/mol. The van der Waals surface area contributed by atoms with Gasteiger partial charge in [0, 0.05) is 14.3 Å². The number of aryl methyl sites for hydroxylation is 2. The molecular weight excluding hydrogens is 208 g/mol. The Morgan fingerprint density at radius 1 is 1.07 bits per heavy atom. The fraction of sp³-hybridized carbons (Fsp3) is 0.500. The molecule has 0 N–H and O–H groups in total. The first-order valence-corrected chi connectivity index (χ1v) is 6.58. The van der Waals surface area contributed by atoms with Crippen LogP contribution in [-0.4, -0.2) is 0 Å². The van der Waals surface area contributed by atoms with Gasteiger partial charge in [0.1, 0.15) is 0 Å². The van der Waals surface area contributed by atoms with Gasteiger partial charge in [-0.25, -0.2) is 0 Å². The summed E-state index contributed by atoms with van der Waals surface area (Å²) in [7, 11) is 0. The lowest BCUT2D eigenvalue weighted by atomic mass is 9.92. The molecule has 0 aromatic carbocycles. The zero-order valence-corrected chi connectivity index (χ0v) is 11.0. The summed E-state index contributed by atoms with van der Waals surface area (Å²) in [6, 6.07) is 0. The van der Waals surface area contributed by atoms with E-state index < -0.39 is 0 Å². The van der Waals surface area contributed by atoms with E-state index in [2.05, 4.69) is 40.0 Å². The van der Waals surface area contributed by atoms with Gasteiger partial charge in [0.25, 0.3) is 0 Å². The first-order chi connectivity index (χ1) is 6.41. The molecule has 2 rings (SSSR count). The van der Waals surface area contributed by atoms with Crippen LogP contribution in [0.15, 0.2) is 5.38 Å². The SMILES string of the molecule is Cc1csc2c(C)c(C(C)(C)C)sc12. The van der Waals surface area contributed by atoms with Crippen molar-refractivity contribution in [2.24, 2.45) is 0 Å². The van der Waals surface area contributed by atoms with E-state index in [1.807, 2.05) is 22.7 Å². The molecule has 0 unspecified atom stereocenters. The maximum absolute atomic E-state index is 2.30. The molecule has 0 aliphatic rings. The quantitative estimate of drug-likeness (QED) is 0.598. The van der Waals surface area contributed by atoms with Crippen molar-refractivity contribution in [3.05, 3.63) is 21.4 Å². The van der Waals surface area contributed by atoms with Crippen LogP contribution in [0.3, 0.4) is 0 Å². The van der Waals surface area contributed by atoms with Gasteiger partial charge >= 0.3 is 0 Å². The molecule has 0 fully saturated rings. The number of fused-ring (bicyclic) bond motifs is 1. The molecule has 0 atom stereocenters. The minimum atomic E-state index is 0.292. The van der Waals surface area contributed by atoms with Crippen molar-refractivity contribution in [3.63, 3.8) is 0 Å². The van der Waals surface area contributed by atoms with Crippen molar-refractivity contribution in [3.8, 4) is 0 Å². The Morgan fingerprint density at radius 3 is 2.21 bits per heavy atom. The van der Waals surface area contributed by atoms with Gasteiger partial charge in [-0.05, 0) is 35.8 Å². The minimum Gasteiger partial charge on any atom is -0.142 e. The highest BCUT2D eigenvalue weighted by Crippen LogP contribution is 2.42. The van der Waals surface area contributed by atoms with Gasteiger partial charge < -0.3 is 0 Å². The molecule has 2 aromatic heterocycles. The third-order valence-corrected chi connectivity index (χ3v) is 5.68. The topological polar surface area (TPSA) is 0 Å². The van der Waals surface area contributed by atoms with Crippen molar-refractivity contribution in [1.29, 1.82) is 0 Å². The summed E-state index contributed by atoms with van der Waals surface area (Å²) < 4.78 is 3.00. The van der Waals surface area contributed by atoms with Gasteiger partial charge in [-0.15, -0.1) is 22.7 Å². The summed E-state index contributed by atoms with van der Waals surface area (Å²) in [4.78, 5) is 1.54. The van der Waals surface area contributed by atoms with Crippen LogP contribution < -0.4 is 0 Å². The second kappa shape index (κ2) is 3.07. The number of hydrogen-bond donors (Lipinski definition) is 0. The maximum Gasteiger partial charge on any atom is 0.0485 e. The molecule has 2 heteroatoms. The molecule has 0 radical (unpaired) electrons. The van der Waals surface area contributed by atoms with Crippen LogP contribution in [-0.2, 0) is 5.41 Å². The summed E-state index contributed by atoms with van der Waals surface area (Å²) in [5.41, 5.74) is 3.23. The minimum absolute atomic E-state index is 0.292. The van der Waals surface area contributed by atoms with Gasteiger partial charge in [0.15, 0.2) is 0 Å². The Bertz CT molecular complexity index is 466. The molecule has 0 spiro atoms. The molecule has 0 saturated carbocycles. The Balaban J connectivity index is 2.75. The smallest absolute Gasteiger partial charge is 0.0485 e. The van der Waals surface area contributed by atoms with Crippen molar-refractivity contribution >= 4 is 32.1 Å². The lowest BCUT2D eigenvalue weighted by molar-refractivity contribution is 0.601. The summed E-state index contributed by atoms with van der Waals surface area (Å²) >= 11 is 3.86. The van der Waals surface area contributed by atoms with E-state index in [4.69, 9.17) is 0 Å². The van der Waals surface area contributed by atoms with Crippen molar-refractivity contribution in [2.45, 2.75) is 40.0 Å². The highest BCUT2D eigenvalue weighted by Gasteiger charge is 2.21. The molecule has 2 heterocycles. The van der Waals surface area contributed by atoms with E-state index in [1.165, 1.54) is 20.5 Å². The first kappa shape index (κ1) is 10.2. The van der Waals surface area contributed by atoms with Crippen LogP contribution in [0.4, 0.5) is 0 Å². The second-order valence-corrected chi connectivity index (χ2v) is 6.78. The largest absolute Gasteiger partial charge is 0.142 e. The Morgan fingerprint density at radius 2 is 1.71 bits per heavy atom. The molecule has 0 aliphatic heterocycles. The summed E-state index contributed by atoms with van der Waals surface area (Å²) in [6.45, 7) is 11.4. The Kier molecular flexibility index (Phi) is 2.24. The molecule has 14 heavy (non-hydrogen) atoms. The van der Waals surface area contributed by atoms with E-state index in [9.17, 15) is 0 Å². The average Bonchev–Trinajstić information content (AvgIpc) is 2.54. The Labute approximate surface area is 93.6 Å². The summed E-state index contributed by atoms with van der Waals surface area (Å²) in [5, 5.41) is 2.26. The predicted molar refractivity (Wildman–Crippen MR) is 67.9 cm³/mol. The van der Waals surface area contributed by atoms with Gasteiger partial charge in [0.2, 0.25) is 0 Å². The molecule has 0 nitrogen and oxygen atoms in total. The molecule has 2 aromatic rings. The number of thiophene rings is 2. The summed E-state index contributed by atoms with van der Waals surface area (Å²) in [5.74, 6) is 0. The van der Waals surface area contributed by atoms with Crippen LogP contribution in [0.1, 0.15) is 36.8 Å². The van der Waals surface area contributed by atoms with E-state index >= 15 is 0 Å². The molecular formula is C12H16S2. The molecule has 0 saturated heterocycles. The normalized spacial score (nSPS) is 12.6. The third kappa shape index (κ3) is 1.41. The lowest BCUT2D eigenvalue weighted by Gasteiger charge is -2.17. The standard InChI is InChI=1S/C12H16S2/c1-7-6-13-10-8(2)11(12(3,4)5)14-9(7)10/h6H,1-5H3. The van der Waals surface area contributed by atoms with E-state index in [1.54, 1.807) is 4.88 Å². The Hall–Kier alpha value is -0.340. The van der Waals surface area contributed by atoms with Gasteiger partial charge in [-0.1, -0.05) is 20.8 Å². The maximum atomic E-state index is 2.30.